The van der Waals surface area contributed by atoms with E-state index >= 15 is 0 Å². The van der Waals surface area contributed by atoms with Crippen LogP contribution in [0.3, 0.4) is 0 Å². The van der Waals surface area contributed by atoms with E-state index in [0.29, 0.717) is 24.3 Å². The molecule has 0 heterocycles. The number of carbonyl (C=O) groups excluding carboxylic acids is 4. The smallest absolute Gasteiger partial charge is 0.338 e. The number of benzene rings is 1. The van der Waals surface area contributed by atoms with Crippen molar-refractivity contribution in [1.82, 2.24) is 16.0 Å². The van der Waals surface area contributed by atoms with Gasteiger partial charge in [0.05, 0.1) is 11.6 Å². The van der Waals surface area contributed by atoms with Crippen LogP contribution in [-0.2, 0) is 19.1 Å². The minimum Gasteiger partial charge on any atom is -0.456 e. The molecule has 0 fully saturated rings. The van der Waals surface area contributed by atoms with Crippen molar-refractivity contribution in [3.05, 3.63) is 29.8 Å². The van der Waals surface area contributed by atoms with Gasteiger partial charge in [0.2, 0.25) is 17.7 Å². The molecule has 1 aromatic rings. The predicted molar refractivity (Wildman–Crippen MR) is 123 cm³/mol. The van der Waals surface area contributed by atoms with Crippen LogP contribution in [0, 0.1) is 5.92 Å². The quantitative estimate of drug-likeness (QED) is 0.320. The maximum Gasteiger partial charge on any atom is 0.338 e. The monoisotopic (exact) mass is 448 g/mol. The van der Waals surface area contributed by atoms with Crippen molar-refractivity contribution in [3.63, 3.8) is 0 Å². The van der Waals surface area contributed by atoms with E-state index in [-0.39, 0.29) is 23.6 Å². The standard InChI is InChI=1S/C23H36N4O5/c1-14(2)19(27-20(29)15(3)24-12-13-25-16(4)28)21(30)26-18-10-8-17(9-11-18)22(31)32-23(5,6)7/h8-11,14-15,19,24H,12-13H2,1-7H3,(H,25,28)(H,26,30)(H,27,29)/t15-,19?/m0/s1. The van der Waals surface area contributed by atoms with E-state index in [2.05, 4.69) is 21.3 Å². The largest absolute Gasteiger partial charge is 0.456 e. The summed E-state index contributed by atoms with van der Waals surface area (Å²) in [6, 6.07) is 5.10. The molecular formula is C23H36N4O5. The second-order valence-electron chi connectivity index (χ2n) is 8.96. The lowest BCUT2D eigenvalue weighted by atomic mass is 10.0. The zero-order valence-electron chi connectivity index (χ0n) is 20.0. The van der Waals surface area contributed by atoms with Gasteiger partial charge in [-0.05, 0) is 57.9 Å². The highest BCUT2D eigenvalue weighted by Gasteiger charge is 2.26. The van der Waals surface area contributed by atoms with Gasteiger partial charge in [0.15, 0.2) is 0 Å². The first kappa shape index (κ1) is 27.1. The number of hydrogen-bond donors (Lipinski definition) is 4. The van der Waals surface area contributed by atoms with Crippen LogP contribution in [0.5, 0.6) is 0 Å². The molecule has 0 bridgehead atoms. The van der Waals surface area contributed by atoms with Gasteiger partial charge in [-0.2, -0.15) is 0 Å². The SMILES string of the molecule is CC(=O)NCCN[C@@H](C)C(=O)NC(C(=O)Nc1ccc(C(=O)OC(C)(C)C)cc1)C(C)C. The third kappa shape index (κ3) is 9.91. The molecule has 1 rings (SSSR count). The molecule has 32 heavy (non-hydrogen) atoms. The average Bonchev–Trinajstić information content (AvgIpc) is 2.67. The van der Waals surface area contributed by atoms with Crippen molar-refractivity contribution in [1.29, 1.82) is 0 Å². The van der Waals surface area contributed by atoms with Gasteiger partial charge in [0, 0.05) is 25.7 Å². The summed E-state index contributed by atoms with van der Waals surface area (Å²) in [6.45, 7) is 13.0. The molecular weight excluding hydrogens is 412 g/mol. The Morgan fingerprint density at radius 1 is 0.938 bits per heavy atom. The summed E-state index contributed by atoms with van der Waals surface area (Å²) in [4.78, 5) is 48.3. The molecule has 0 aliphatic carbocycles. The zero-order chi connectivity index (χ0) is 24.5. The first-order valence-corrected chi connectivity index (χ1v) is 10.7. The molecule has 1 unspecified atom stereocenters. The molecule has 9 heteroatoms. The molecule has 178 valence electrons. The van der Waals surface area contributed by atoms with Gasteiger partial charge in [-0.15, -0.1) is 0 Å². The highest BCUT2D eigenvalue weighted by Crippen LogP contribution is 2.15. The molecule has 9 nitrogen and oxygen atoms in total. The maximum atomic E-state index is 12.8. The number of carbonyl (C=O) groups is 4. The van der Waals surface area contributed by atoms with E-state index in [9.17, 15) is 19.2 Å². The Balaban J connectivity index is 2.68. The summed E-state index contributed by atoms with van der Waals surface area (Å²) in [5, 5.41) is 11.2. The molecule has 0 aliphatic rings. The summed E-state index contributed by atoms with van der Waals surface area (Å²) in [6.07, 6.45) is 0. The molecule has 0 aromatic heterocycles. The number of ether oxygens (including phenoxy) is 1. The van der Waals surface area contributed by atoms with Crippen LogP contribution < -0.4 is 21.3 Å². The third-order valence-corrected chi connectivity index (χ3v) is 4.38. The van der Waals surface area contributed by atoms with Crippen molar-refractivity contribution >= 4 is 29.4 Å². The highest BCUT2D eigenvalue weighted by atomic mass is 16.6. The molecule has 3 amide bonds. The zero-order valence-corrected chi connectivity index (χ0v) is 20.0. The van der Waals surface area contributed by atoms with Crippen molar-refractivity contribution in [2.24, 2.45) is 5.92 Å². The highest BCUT2D eigenvalue weighted by molar-refractivity contribution is 5.98. The molecule has 1 aromatic carbocycles. The number of esters is 1. The van der Waals surface area contributed by atoms with Crippen LogP contribution in [0.1, 0.15) is 58.8 Å². The second-order valence-corrected chi connectivity index (χ2v) is 8.96. The van der Waals surface area contributed by atoms with Crippen LogP contribution >= 0.6 is 0 Å². The number of nitrogens with one attached hydrogen (secondary N) is 4. The fourth-order valence-electron chi connectivity index (χ4n) is 2.68. The molecule has 2 atom stereocenters. The number of anilines is 1. The Kier molecular flexibility index (Phi) is 10.3. The van der Waals surface area contributed by atoms with Crippen LogP contribution in [0.15, 0.2) is 24.3 Å². The van der Waals surface area contributed by atoms with Gasteiger partial charge >= 0.3 is 5.97 Å². The fourth-order valence-corrected chi connectivity index (χ4v) is 2.68. The fraction of sp³-hybridized carbons (Fsp3) is 0.565. The maximum absolute atomic E-state index is 12.8. The average molecular weight is 449 g/mol. The van der Waals surface area contributed by atoms with Crippen molar-refractivity contribution in [2.45, 2.75) is 66.2 Å². The second kappa shape index (κ2) is 12.2. The van der Waals surface area contributed by atoms with Gasteiger partial charge < -0.3 is 26.0 Å². The van der Waals surface area contributed by atoms with Gasteiger partial charge in [-0.25, -0.2) is 4.79 Å². The van der Waals surface area contributed by atoms with Crippen LogP contribution in [-0.4, -0.2) is 54.5 Å². The van der Waals surface area contributed by atoms with Crippen molar-refractivity contribution in [3.8, 4) is 0 Å². The Morgan fingerprint density at radius 2 is 1.53 bits per heavy atom. The Morgan fingerprint density at radius 3 is 2.03 bits per heavy atom. The first-order valence-electron chi connectivity index (χ1n) is 10.7. The molecule has 0 saturated heterocycles. The minimum atomic E-state index is -0.743. The van der Waals surface area contributed by atoms with Gasteiger partial charge in [0.1, 0.15) is 11.6 Å². The van der Waals surface area contributed by atoms with Crippen LogP contribution in [0.25, 0.3) is 0 Å². The van der Waals surface area contributed by atoms with Crippen LogP contribution in [0.4, 0.5) is 5.69 Å². The molecule has 0 saturated carbocycles. The summed E-state index contributed by atoms with van der Waals surface area (Å²) < 4.78 is 5.33. The lowest BCUT2D eigenvalue weighted by Crippen LogP contribution is -2.53. The first-order chi connectivity index (χ1) is 14.8. The lowest BCUT2D eigenvalue weighted by Gasteiger charge is -2.24. The van der Waals surface area contributed by atoms with Crippen molar-refractivity contribution < 1.29 is 23.9 Å². The number of amides is 3. The molecule has 0 aliphatic heterocycles. The third-order valence-electron chi connectivity index (χ3n) is 4.38. The van der Waals surface area contributed by atoms with E-state index in [4.69, 9.17) is 4.74 Å². The van der Waals surface area contributed by atoms with E-state index in [1.54, 1.807) is 52.0 Å². The summed E-state index contributed by atoms with van der Waals surface area (Å²) >= 11 is 0. The summed E-state index contributed by atoms with van der Waals surface area (Å²) in [5.74, 6) is -1.40. The molecule has 0 spiro atoms. The van der Waals surface area contributed by atoms with E-state index in [1.807, 2.05) is 13.8 Å². The van der Waals surface area contributed by atoms with E-state index < -0.39 is 23.7 Å². The van der Waals surface area contributed by atoms with Crippen molar-refractivity contribution in [2.75, 3.05) is 18.4 Å². The lowest BCUT2D eigenvalue weighted by molar-refractivity contribution is -0.128. The molecule has 4 N–H and O–H groups in total. The van der Waals surface area contributed by atoms with Crippen LogP contribution in [0.2, 0.25) is 0 Å². The predicted octanol–water partition coefficient (Wildman–Crippen LogP) is 1.84. The number of hydrogen-bond acceptors (Lipinski definition) is 6. The summed E-state index contributed by atoms with van der Waals surface area (Å²) in [7, 11) is 0. The minimum absolute atomic E-state index is 0.139. The van der Waals surface area contributed by atoms with E-state index in [1.165, 1.54) is 6.92 Å². The van der Waals surface area contributed by atoms with Gasteiger partial charge in [0.25, 0.3) is 0 Å². The Bertz CT molecular complexity index is 800. The summed E-state index contributed by atoms with van der Waals surface area (Å²) in [5.41, 5.74) is 0.289. The topological polar surface area (TPSA) is 126 Å². The van der Waals surface area contributed by atoms with Gasteiger partial charge in [-0.3, -0.25) is 14.4 Å². The Hall–Kier alpha value is -2.94. The molecule has 0 radical (unpaired) electrons. The Labute approximate surface area is 190 Å². The normalized spacial score (nSPS) is 13.1. The van der Waals surface area contributed by atoms with Gasteiger partial charge in [-0.1, -0.05) is 13.8 Å². The van der Waals surface area contributed by atoms with E-state index in [0.717, 1.165) is 0 Å². The number of rotatable bonds is 10.